The lowest BCUT2D eigenvalue weighted by molar-refractivity contribution is 0.188. The highest BCUT2D eigenvalue weighted by atomic mass is 16.5. The lowest BCUT2D eigenvalue weighted by Crippen LogP contribution is -2.43. The Morgan fingerprint density at radius 3 is 2.50 bits per heavy atom. The maximum absolute atomic E-state index is 12.0. The highest BCUT2D eigenvalue weighted by molar-refractivity contribution is 5.74. The minimum atomic E-state index is -0.233. The molecule has 0 fully saturated rings. The molecule has 0 heterocycles. The summed E-state index contributed by atoms with van der Waals surface area (Å²) in [5.41, 5.74) is 7.33. The van der Waals surface area contributed by atoms with Crippen LogP contribution in [0.2, 0.25) is 0 Å². The summed E-state index contributed by atoms with van der Waals surface area (Å²) in [4.78, 5) is 12.0. The van der Waals surface area contributed by atoms with Crippen LogP contribution in [-0.4, -0.2) is 18.7 Å². The van der Waals surface area contributed by atoms with Crippen molar-refractivity contribution in [3.05, 3.63) is 42.2 Å². The van der Waals surface area contributed by atoms with Crippen LogP contribution in [-0.2, 0) is 11.3 Å². The molecule has 1 aromatic rings. The number of ether oxygens (including phenoxy) is 1. The molecule has 0 radical (unpaired) electrons. The van der Waals surface area contributed by atoms with Crippen LogP contribution in [0.15, 0.2) is 36.6 Å². The predicted molar refractivity (Wildman–Crippen MR) is 90.2 cm³/mol. The molecule has 122 valence electrons. The number of carbonyl (C=O) groups is 1. The molecular formula is C17H27N3O2. The number of anilines is 1. The van der Waals surface area contributed by atoms with Crippen LogP contribution in [0.5, 0.6) is 0 Å². The minimum Gasteiger partial charge on any atom is -0.497 e. The highest BCUT2D eigenvalue weighted by Crippen LogP contribution is 2.12. The van der Waals surface area contributed by atoms with Gasteiger partial charge in [-0.2, -0.15) is 0 Å². The van der Waals surface area contributed by atoms with Crippen molar-refractivity contribution in [2.45, 2.75) is 39.8 Å². The van der Waals surface area contributed by atoms with Gasteiger partial charge in [0.25, 0.3) is 0 Å². The van der Waals surface area contributed by atoms with Crippen LogP contribution < -0.4 is 16.4 Å². The van der Waals surface area contributed by atoms with Crippen LogP contribution >= 0.6 is 0 Å². The Morgan fingerprint density at radius 2 is 1.95 bits per heavy atom. The van der Waals surface area contributed by atoms with Gasteiger partial charge in [0, 0.05) is 12.2 Å². The highest BCUT2D eigenvalue weighted by Gasteiger charge is 2.18. The summed E-state index contributed by atoms with van der Waals surface area (Å²) >= 11 is 0. The first-order valence-corrected chi connectivity index (χ1v) is 7.62. The number of nitrogen functional groups attached to an aromatic ring is 1. The van der Waals surface area contributed by atoms with E-state index in [2.05, 4.69) is 31.1 Å². The Hall–Kier alpha value is -2.17. The Labute approximate surface area is 132 Å². The zero-order valence-corrected chi connectivity index (χ0v) is 13.7. The molecule has 0 aliphatic rings. The second-order valence-corrected chi connectivity index (χ2v) is 5.65. The van der Waals surface area contributed by atoms with Gasteiger partial charge >= 0.3 is 6.03 Å². The maximum Gasteiger partial charge on any atom is 0.315 e. The van der Waals surface area contributed by atoms with E-state index in [1.54, 1.807) is 0 Å². The van der Waals surface area contributed by atoms with Crippen LogP contribution in [0.3, 0.4) is 0 Å². The Balaban J connectivity index is 2.51. The molecule has 4 N–H and O–H groups in total. The monoisotopic (exact) mass is 305 g/mol. The van der Waals surface area contributed by atoms with Crippen molar-refractivity contribution >= 4 is 11.7 Å². The number of urea groups is 1. The fraction of sp³-hybridized carbons (Fsp3) is 0.471. The molecule has 0 aliphatic carbocycles. The van der Waals surface area contributed by atoms with E-state index in [9.17, 15) is 4.79 Å². The van der Waals surface area contributed by atoms with Gasteiger partial charge in [0.15, 0.2) is 0 Å². The van der Waals surface area contributed by atoms with Gasteiger partial charge in [-0.05, 0) is 37.0 Å². The first kappa shape index (κ1) is 17.9. The topological polar surface area (TPSA) is 76.4 Å². The molecule has 1 aromatic carbocycles. The van der Waals surface area contributed by atoms with Crippen LogP contribution in [0.1, 0.15) is 32.8 Å². The Kier molecular flexibility index (Phi) is 7.29. The second-order valence-electron chi connectivity index (χ2n) is 5.65. The quantitative estimate of drug-likeness (QED) is 0.510. The third-order valence-corrected chi connectivity index (χ3v) is 3.16. The predicted octanol–water partition coefficient (Wildman–Crippen LogP) is 3.03. The van der Waals surface area contributed by atoms with E-state index in [1.165, 1.54) is 0 Å². The summed E-state index contributed by atoms with van der Waals surface area (Å²) in [5.74, 6) is 1.03. The number of benzene rings is 1. The number of hydrogen-bond donors (Lipinski definition) is 3. The molecule has 0 saturated carbocycles. The van der Waals surface area contributed by atoms with Gasteiger partial charge in [-0.15, -0.1) is 0 Å². The van der Waals surface area contributed by atoms with E-state index < -0.39 is 0 Å². The van der Waals surface area contributed by atoms with Gasteiger partial charge in [-0.1, -0.05) is 32.6 Å². The van der Waals surface area contributed by atoms with Crippen molar-refractivity contribution in [1.82, 2.24) is 10.6 Å². The lowest BCUT2D eigenvalue weighted by Gasteiger charge is -2.23. The van der Waals surface area contributed by atoms with E-state index in [0.29, 0.717) is 30.5 Å². The van der Waals surface area contributed by atoms with Crippen molar-refractivity contribution in [3.8, 4) is 0 Å². The zero-order chi connectivity index (χ0) is 16.5. The summed E-state index contributed by atoms with van der Waals surface area (Å²) in [6.45, 7) is 11.0. The standard InChI is InChI=1S/C17H27N3O2/c1-5-22-13(4)16(10-12(2)3)20-17(21)19-11-14-6-8-15(18)9-7-14/h6-9,12,16H,4-5,10-11,18H2,1-3H3,(H2,19,20,21). The van der Waals surface area contributed by atoms with Gasteiger partial charge in [-0.3, -0.25) is 0 Å². The van der Waals surface area contributed by atoms with Crippen molar-refractivity contribution in [2.24, 2.45) is 5.92 Å². The van der Waals surface area contributed by atoms with Gasteiger partial charge in [0.2, 0.25) is 0 Å². The molecule has 1 rings (SSSR count). The van der Waals surface area contributed by atoms with E-state index in [1.807, 2.05) is 31.2 Å². The summed E-state index contributed by atoms with van der Waals surface area (Å²) < 4.78 is 5.43. The molecule has 22 heavy (non-hydrogen) atoms. The van der Waals surface area contributed by atoms with Crippen molar-refractivity contribution in [3.63, 3.8) is 0 Å². The van der Waals surface area contributed by atoms with Crippen molar-refractivity contribution in [2.75, 3.05) is 12.3 Å². The molecule has 5 nitrogen and oxygen atoms in total. The zero-order valence-electron chi connectivity index (χ0n) is 13.7. The first-order chi connectivity index (χ1) is 10.4. The van der Waals surface area contributed by atoms with Gasteiger partial charge in [-0.25, -0.2) is 4.79 Å². The number of hydrogen-bond acceptors (Lipinski definition) is 3. The molecule has 0 spiro atoms. The number of amides is 2. The molecule has 0 bridgehead atoms. The SMILES string of the molecule is C=C(OCC)C(CC(C)C)NC(=O)NCc1ccc(N)cc1. The number of nitrogens with two attached hydrogens (primary N) is 1. The molecule has 5 heteroatoms. The summed E-state index contributed by atoms with van der Waals surface area (Å²) in [6.07, 6.45) is 0.786. The number of rotatable bonds is 8. The maximum atomic E-state index is 12.0. The fourth-order valence-electron chi connectivity index (χ4n) is 2.06. The molecule has 1 unspecified atom stereocenters. The third-order valence-electron chi connectivity index (χ3n) is 3.16. The minimum absolute atomic E-state index is 0.189. The molecule has 0 aliphatic heterocycles. The van der Waals surface area contributed by atoms with Gasteiger partial charge < -0.3 is 21.1 Å². The van der Waals surface area contributed by atoms with E-state index >= 15 is 0 Å². The summed E-state index contributed by atoms with van der Waals surface area (Å²) in [5, 5.41) is 5.75. The average Bonchev–Trinajstić information content (AvgIpc) is 2.46. The van der Waals surface area contributed by atoms with E-state index in [4.69, 9.17) is 10.5 Å². The first-order valence-electron chi connectivity index (χ1n) is 7.62. The van der Waals surface area contributed by atoms with Crippen LogP contribution in [0.25, 0.3) is 0 Å². The van der Waals surface area contributed by atoms with Crippen LogP contribution in [0, 0.1) is 5.92 Å². The van der Waals surface area contributed by atoms with Gasteiger partial charge in [0.1, 0.15) is 5.76 Å². The molecular weight excluding hydrogens is 278 g/mol. The lowest BCUT2D eigenvalue weighted by atomic mass is 10.0. The van der Waals surface area contributed by atoms with Crippen molar-refractivity contribution < 1.29 is 9.53 Å². The molecule has 0 aromatic heterocycles. The fourth-order valence-corrected chi connectivity index (χ4v) is 2.06. The van der Waals surface area contributed by atoms with Gasteiger partial charge in [0.05, 0.1) is 12.6 Å². The molecule has 2 amide bonds. The van der Waals surface area contributed by atoms with Crippen LogP contribution in [0.4, 0.5) is 10.5 Å². The Morgan fingerprint density at radius 1 is 1.32 bits per heavy atom. The van der Waals surface area contributed by atoms with Crippen molar-refractivity contribution in [1.29, 1.82) is 0 Å². The number of carbonyl (C=O) groups excluding carboxylic acids is 1. The average molecular weight is 305 g/mol. The van der Waals surface area contributed by atoms with E-state index in [-0.39, 0.29) is 12.1 Å². The number of nitrogens with one attached hydrogen (secondary N) is 2. The van der Waals surface area contributed by atoms with E-state index in [0.717, 1.165) is 12.0 Å². The molecule has 0 saturated heterocycles. The molecule has 1 atom stereocenters. The normalized spacial score (nSPS) is 11.8. The smallest absolute Gasteiger partial charge is 0.315 e. The summed E-state index contributed by atoms with van der Waals surface area (Å²) in [7, 11) is 0. The second kappa shape index (κ2) is 8.97. The largest absolute Gasteiger partial charge is 0.497 e. The Bertz CT molecular complexity index is 483. The third kappa shape index (κ3) is 6.52. The summed E-state index contributed by atoms with van der Waals surface area (Å²) in [6, 6.07) is 6.98.